The second-order valence-corrected chi connectivity index (χ2v) is 10.6. The maximum Gasteiger partial charge on any atom is 0.331 e. The third-order valence-electron chi connectivity index (χ3n) is 7.16. The van der Waals surface area contributed by atoms with Gasteiger partial charge in [0, 0.05) is 38.6 Å². The number of likely N-dealkylation sites (tertiary alicyclic amines) is 1. The number of rotatable bonds is 6. The highest BCUT2D eigenvalue weighted by Gasteiger charge is 2.35. The molecule has 5 heterocycles. The monoisotopic (exact) mass is 554 g/mol. The van der Waals surface area contributed by atoms with E-state index in [0.717, 1.165) is 12.8 Å². The first-order valence-corrected chi connectivity index (χ1v) is 13.7. The van der Waals surface area contributed by atoms with Crippen LogP contribution in [0.2, 0.25) is 0 Å². The van der Waals surface area contributed by atoms with Gasteiger partial charge in [0.15, 0.2) is 0 Å². The number of carbonyl (C=O) groups excluding carboxylic acids is 3. The van der Waals surface area contributed by atoms with E-state index in [1.807, 2.05) is 6.07 Å². The van der Waals surface area contributed by atoms with Crippen LogP contribution < -0.4 is 15.0 Å². The van der Waals surface area contributed by atoms with Crippen LogP contribution in [0, 0.1) is 0 Å². The van der Waals surface area contributed by atoms with E-state index in [1.165, 1.54) is 17.4 Å². The fourth-order valence-electron chi connectivity index (χ4n) is 5.12. The van der Waals surface area contributed by atoms with Gasteiger partial charge in [0.25, 0.3) is 5.91 Å². The minimum atomic E-state index is -0.378. The van der Waals surface area contributed by atoms with E-state index in [9.17, 15) is 14.4 Å². The number of anilines is 3. The molecule has 11 heteroatoms. The Bertz CT molecular complexity index is 1620. The molecule has 1 atom stereocenters. The van der Waals surface area contributed by atoms with Crippen molar-refractivity contribution in [2.75, 3.05) is 30.4 Å². The minimum Gasteiger partial charge on any atom is -0.456 e. The van der Waals surface area contributed by atoms with E-state index in [-0.39, 0.29) is 23.9 Å². The minimum absolute atomic E-state index is 0.139. The van der Waals surface area contributed by atoms with Gasteiger partial charge in [-0.05, 0) is 61.4 Å². The van der Waals surface area contributed by atoms with Gasteiger partial charge in [-0.15, -0.1) is 11.3 Å². The van der Waals surface area contributed by atoms with E-state index in [2.05, 4.69) is 21.9 Å². The second-order valence-electron chi connectivity index (χ2n) is 9.57. The van der Waals surface area contributed by atoms with Crippen LogP contribution in [0.4, 0.5) is 21.9 Å². The molecular formula is C29H26N6O4S. The predicted octanol–water partition coefficient (Wildman–Crippen LogP) is 5.42. The summed E-state index contributed by atoms with van der Waals surface area (Å²) in [6.45, 7) is 4.66. The van der Waals surface area contributed by atoms with E-state index in [1.54, 1.807) is 76.7 Å². The molecule has 0 radical (unpaired) electrons. The summed E-state index contributed by atoms with van der Waals surface area (Å²) in [6, 6.07) is 12.0. The number of likely N-dealkylation sites (N-methyl/N-ethyl adjacent to an activating group) is 1. The average Bonchev–Trinajstić information content (AvgIpc) is 3.36. The van der Waals surface area contributed by atoms with Gasteiger partial charge in [-0.3, -0.25) is 19.5 Å². The number of nitrogens with zero attached hydrogens (tertiary/aromatic N) is 5. The Balaban J connectivity index is 1.29. The van der Waals surface area contributed by atoms with Crippen molar-refractivity contribution < 1.29 is 19.1 Å². The number of ether oxygens (including phenoxy) is 1. The SMILES string of the molecule is C=CC(=O)N1CCC[C@@H](N(C)C(=O)c2sc3nccc4c3c2NC(=O)N4c2ccc(Oc3cccnc3)cc2)C1. The number of hydrogen-bond donors (Lipinski definition) is 1. The Hall–Kier alpha value is -4.77. The number of thiophene rings is 1. The van der Waals surface area contributed by atoms with Crippen LogP contribution in [0.15, 0.2) is 73.7 Å². The summed E-state index contributed by atoms with van der Waals surface area (Å²) < 4.78 is 5.83. The van der Waals surface area contributed by atoms with Crippen molar-refractivity contribution in [3.8, 4) is 11.5 Å². The number of aromatic nitrogens is 2. The zero-order chi connectivity index (χ0) is 27.8. The van der Waals surface area contributed by atoms with Crippen LogP contribution in [0.1, 0.15) is 22.5 Å². The van der Waals surface area contributed by atoms with Gasteiger partial charge in [0.2, 0.25) is 5.91 Å². The van der Waals surface area contributed by atoms with E-state index in [4.69, 9.17) is 4.74 Å². The molecule has 40 heavy (non-hydrogen) atoms. The average molecular weight is 555 g/mol. The van der Waals surface area contributed by atoms with Crippen molar-refractivity contribution in [3.05, 3.63) is 78.6 Å². The molecule has 4 aromatic rings. The lowest BCUT2D eigenvalue weighted by atomic mass is 10.0. The summed E-state index contributed by atoms with van der Waals surface area (Å²) in [6.07, 6.45) is 7.82. The Morgan fingerprint density at radius 1 is 1.18 bits per heavy atom. The Morgan fingerprint density at radius 3 is 2.75 bits per heavy atom. The molecule has 2 aliphatic heterocycles. The maximum atomic E-state index is 13.7. The lowest BCUT2D eigenvalue weighted by Gasteiger charge is -2.37. The predicted molar refractivity (Wildman–Crippen MR) is 153 cm³/mol. The molecule has 202 valence electrons. The highest BCUT2D eigenvalue weighted by atomic mass is 32.1. The third kappa shape index (κ3) is 4.54. The maximum absolute atomic E-state index is 13.7. The molecule has 0 bridgehead atoms. The first-order valence-electron chi connectivity index (χ1n) is 12.8. The second kappa shape index (κ2) is 10.4. The van der Waals surface area contributed by atoms with Gasteiger partial charge >= 0.3 is 6.03 Å². The summed E-state index contributed by atoms with van der Waals surface area (Å²) in [5.41, 5.74) is 1.75. The fourth-order valence-corrected chi connectivity index (χ4v) is 6.23. The number of benzene rings is 1. The number of hydrogen-bond acceptors (Lipinski definition) is 7. The highest BCUT2D eigenvalue weighted by Crippen LogP contribution is 2.46. The molecule has 0 spiro atoms. The quantitative estimate of drug-likeness (QED) is 0.319. The van der Waals surface area contributed by atoms with Gasteiger partial charge in [-0.25, -0.2) is 9.78 Å². The van der Waals surface area contributed by atoms with Gasteiger partial charge in [-0.1, -0.05) is 6.58 Å². The Morgan fingerprint density at radius 2 is 2.00 bits per heavy atom. The molecule has 1 N–H and O–H groups in total. The van der Waals surface area contributed by atoms with E-state index < -0.39 is 0 Å². The number of nitrogens with one attached hydrogen (secondary N) is 1. The first-order chi connectivity index (χ1) is 19.4. The molecule has 1 saturated heterocycles. The lowest BCUT2D eigenvalue weighted by Crippen LogP contribution is -2.50. The molecule has 3 aromatic heterocycles. The van der Waals surface area contributed by atoms with Crippen molar-refractivity contribution in [3.63, 3.8) is 0 Å². The topological polar surface area (TPSA) is 108 Å². The van der Waals surface area contributed by atoms with Gasteiger partial charge in [0.1, 0.15) is 21.2 Å². The van der Waals surface area contributed by atoms with Crippen LogP contribution in [-0.4, -0.2) is 63.8 Å². The molecule has 10 nitrogen and oxygen atoms in total. The van der Waals surface area contributed by atoms with Crippen LogP contribution in [0.3, 0.4) is 0 Å². The third-order valence-corrected chi connectivity index (χ3v) is 8.24. The summed E-state index contributed by atoms with van der Waals surface area (Å²) in [7, 11) is 1.74. The number of carbonyl (C=O) groups is 3. The molecule has 1 fully saturated rings. The normalized spacial score (nSPS) is 16.4. The van der Waals surface area contributed by atoms with Crippen molar-refractivity contribution in [1.29, 1.82) is 0 Å². The smallest absolute Gasteiger partial charge is 0.331 e. The summed E-state index contributed by atoms with van der Waals surface area (Å²) in [5.74, 6) is 0.866. The fraction of sp³-hybridized carbons (Fsp3) is 0.207. The first kappa shape index (κ1) is 25.5. The Kier molecular flexibility index (Phi) is 6.64. The summed E-state index contributed by atoms with van der Waals surface area (Å²) >= 11 is 1.25. The molecule has 4 amide bonds. The van der Waals surface area contributed by atoms with Crippen molar-refractivity contribution in [2.45, 2.75) is 18.9 Å². The molecular weight excluding hydrogens is 528 g/mol. The molecule has 1 aromatic carbocycles. The van der Waals surface area contributed by atoms with Crippen molar-refractivity contribution in [1.82, 2.24) is 19.8 Å². The zero-order valence-corrected chi connectivity index (χ0v) is 22.6. The highest BCUT2D eigenvalue weighted by molar-refractivity contribution is 7.21. The number of urea groups is 1. The molecule has 0 unspecified atom stereocenters. The summed E-state index contributed by atoms with van der Waals surface area (Å²) in [5, 5.41) is 3.66. The largest absolute Gasteiger partial charge is 0.456 e. The number of amides is 4. The van der Waals surface area contributed by atoms with Crippen LogP contribution in [0.5, 0.6) is 11.5 Å². The van der Waals surface area contributed by atoms with Crippen molar-refractivity contribution >= 4 is 56.5 Å². The molecule has 6 rings (SSSR count). The lowest BCUT2D eigenvalue weighted by molar-refractivity contribution is -0.127. The Labute approximate surface area is 234 Å². The van der Waals surface area contributed by atoms with E-state index >= 15 is 0 Å². The van der Waals surface area contributed by atoms with Gasteiger partial charge in [0.05, 0.1) is 28.6 Å². The van der Waals surface area contributed by atoms with Gasteiger partial charge in [-0.2, -0.15) is 0 Å². The van der Waals surface area contributed by atoms with Gasteiger partial charge < -0.3 is 19.9 Å². The zero-order valence-electron chi connectivity index (χ0n) is 21.7. The molecule has 2 aliphatic rings. The molecule has 0 saturated carbocycles. The van der Waals surface area contributed by atoms with Crippen LogP contribution in [-0.2, 0) is 4.79 Å². The number of pyridine rings is 2. The summed E-state index contributed by atoms with van der Waals surface area (Å²) in [4.78, 5) is 53.9. The van der Waals surface area contributed by atoms with Crippen LogP contribution >= 0.6 is 11.3 Å². The van der Waals surface area contributed by atoms with Crippen LogP contribution in [0.25, 0.3) is 10.2 Å². The van der Waals surface area contributed by atoms with Crippen molar-refractivity contribution in [2.24, 2.45) is 0 Å². The molecule has 0 aliphatic carbocycles. The standard InChI is InChI=1S/C29H26N6O4S/c1-3-23(36)34-15-5-6-19(17-34)33(2)28(37)26-25-24-22(12-14-31-27(24)40-26)35(29(38)32-25)18-8-10-20(11-9-18)39-21-7-4-13-30-16-21/h3-4,7-14,16,19H,1,5-6,15,17H2,2H3,(H,32,38)/t19-/m1/s1. The van der Waals surface area contributed by atoms with E-state index in [0.29, 0.717) is 56.7 Å². The number of piperidine rings is 1.